The highest BCUT2D eigenvalue weighted by Crippen LogP contribution is 2.25. The number of aliphatic carboxylic acids is 1. The van der Waals surface area contributed by atoms with Crippen LogP contribution in [0.5, 0.6) is 0 Å². The molecule has 2 N–H and O–H groups in total. The second-order valence-electron chi connectivity index (χ2n) is 5.28. The molecule has 1 atom stereocenters. The molecular formula is C14H26N2O4. The van der Waals surface area contributed by atoms with Crippen molar-refractivity contribution < 1.29 is 19.4 Å². The molecular weight excluding hydrogens is 260 g/mol. The van der Waals surface area contributed by atoms with E-state index in [9.17, 15) is 14.7 Å². The maximum Gasteiger partial charge on any atom is 0.317 e. The molecule has 0 aromatic heterocycles. The van der Waals surface area contributed by atoms with E-state index in [-0.39, 0.29) is 18.6 Å². The number of morpholine rings is 1. The molecule has 1 aliphatic heterocycles. The molecule has 20 heavy (non-hydrogen) atoms. The Morgan fingerprint density at radius 3 is 2.50 bits per heavy atom. The number of carbonyl (C=O) groups excluding carboxylic acids is 1. The van der Waals surface area contributed by atoms with Gasteiger partial charge in [-0.15, -0.1) is 0 Å². The Labute approximate surface area is 120 Å². The van der Waals surface area contributed by atoms with Crippen molar-refractivity contribution >= 4 is 12.0 Å². The number of carboxylic acid groups (broad SMARTS) is 1. The van der Waals surface area contributed by atoms with Gasteiger partial charge in [0.25, 0.3) is 0 Å². The second-order valence-corrected chi connectivity index (χ2v) is 5.28. The lowest BCUT2D eigenvalue weighted by Gasteiger charge is -2.36. The number of amides is 2. The van der Waals surface area contributed by atoms with Gasteiger partial charge in [-0.05, 0) is 19.3 Å². The van der Waals surface area contributed by atoms with Crippen LogP contribution < -0.4 is 5.32 Å². The molecule has 0 spiro atoms. The first-order valence-electron chi connectivity index (χ1n) is 7.36. The Hall–Kier alpha value is -1.30. The molecule has 0 bridgehead atoms. The van der Waals surface area contributed by atoms with Crippen LogP contribution in [0.2, 0.25) is 0 Å². The maximum absolute atomic E-state index is 12.2. The van der Waals surface area contributed by atoms with Crippen molar-refractivity contribution in [1.82, 2.24) is 10.2 Å². The van der Waals surface area contributed by atoms with Crippen LogP contribution in [0.25, 0.3) is 0 Å². The number of rotatable bonds is 6. The van der Waals surface area contributed by atoms with E-state index in [0.29, 0.717) is 32.6 Å². The number of urea groups is 1. The number of nitrogens with one attached hydrogen (secondary N) is 1. The van der Waals surface area contributed by atoms with Gasteiger partial charge in [-0.25, -0.2) is 4.79 Å². The summed E-state index contributed by atoms with van der Waals surface area (Å²) in [5.41, 5.74) is -0.871. The lowest BCUT2D eigenvalue weighted by molar-refractivity contribution is -0.149. The topological polar surface area (TPSA) is 78.9 Å². The third-order valence-electron chi connectivity index (χ3n) is 4.34. The summed E-state index contributed by atoms with van der Waals surface area (Å²) in [4.78, 5) is 25.4. The molecule has 1 fully saturated rings. The van der Waals surface area contributed by atoms with E-state index in [1.165, 1.54) is 0 Å². The lowest BCUT2D eigenvalue weighted by atomic mass is 9.82. The highest BCUT2D eigenvalue weighted by molar-refractivity contribution is 5.78. The molecule has 6 nitrogen and oxygen atoms in total. The first-order chi connectivity index (χ1) is 9.50. The monoisotopic (exact) mass is 286 g/mol. The van der Waals surface area contributed by atoms with Gasteiger partial charge in [0.1, 0.15) is 0 Å². The van der Waals surface area contributed by atoms with Crippen LogP contribution in [-0.4, -0.2) is 54.4 Å². The van der Waals surface area contributed by atoms with Gasteiger partial charge in [-0.1, -0.05) is 20.8 Å². The molecule has 0 aliphatic carbocycles. The van der Waals surface area contributed by atoms with E-state index in [4.69, 9.17) is 4.74 Å². The van der Waals surface area contributed by atoms with E-state index in [2.05, 4.69) is 5.32 Å². The third-order valence-corrected chi connectivity index (χ3v) is 4.34. The fourth-order valence-corrected chi connectivity index (χ4v) is 2.48. The first kappa shape index (κ1) is 16.8. The maximum atomic E-state index is 12.2. The highest BCUT2D eigenvalue weighted by Gasteiger charge is 2.36. The molecule has 0 aromatic rings. The largest absolute Gasteiger partial charge is 0.481 e. The summed E-state index contributed by atoms with van der Waals surface area (Å²) in [6, 6.07) is -0.112. The molecule has 1 heterocycles. The molecule has 0 saturated carbocycles. The van der Waals surface area contributed by atoms with E-state index < -0.39 is 11.4 Å². The van der Waals surface area contributed by atoms with Crippen LogP contribution in [0.1, 0.15) is 40.0 Å². The van der Waals surface area contributed by atoms with E-state index in [1.807, 2.05) is 20.8 Å². The number of hydrogen-bond donors (Lipinski definition) is 2. The van der Waals surface area contributed by atoms with Gasteiger partial charge in [0.2, 0.25) is 0 Å². The van der Waals surface area contributed by atoms with Gasteiger partial charge in [0.15, 0.2) is 0 Å². The molecule has 2 amide bonds. The lowest BCUT2D eigenvalue weighted by Crippen LogP contribution is -2.54. The number of carbonyl (C=O) groups is 2. The summed E-state index contributed by atoms with van der Waals surface area (Å²) < 4.78 is 5.36. The Balaban J connectivity index is 2.63. The molecule has 0 radical (unpaired) electrons. The van der Waals surface area contributed by atoms with Crippen LogP contribution in [0.3, 0.4) is 0 Å². The second kappa shape index (κ2) is 7.47. The molecule has 1 saturated heterocycles. The average Bonchev–Trinajstić information content (AvgIpc) is 2.48. The van der Waals surface area contributed by atoms with Gasteiger partial charge in [-0.3, -0.25) is 4.79 Å². The summed E-state index contributed by atoms with van der Waals surface area (Å²) in [7, 11) is 0. The van der Waals surface area contributed by atoms with E-state index in [1.54, 1.807) is 4.90 Å². The molecule has 0 aromatic carbocycles. The number of ether oxygens (including phenoxy) is 1. The Morgan fingerprint density at radius 2 is 2.00 bits per heavy atom. The van der Waals surface area contributed by atoms with Crippen LogP contribution in [0, 0.1) is 5.41 Å². The highest BCUT2D eigenvalue weighted by atomic mass is 16.5. The van der Waals surface area contributed by atoms with E-state index >= 15 is 0 Å². The minimum atomic E-state index is -0.871. The fourth-order valence-electron chi connectivity index (χ4n) is 2.48. The van der Waals surface area contributed by atoms with Crippen molar-refractivity contribution in [2.45, 2.75) is 46.1 Å². The summed E-state index contributed by atoms with van der Waals surface area (Å²) in [5.74, 6) is -0.850. The predicted molar refractivity (Wildman–Crippen MR) is 75.7 cm³/mol. The fraction of sp³-hybridized carbons (Fsp3) is 0.857. The normalized spacial score (nSPS) is 19.8. The number of carboxylic acids is 1. The van der Waals surface area contributed by atoms with Crippen molar-refractivity contribution in [3.8, 4) is 0 Å². The van der Waals surface area contributed by atoms with Crippen LogP contribution in [0.4, 0.5) is 4.79 Å². The summed E-state index contributed by atoms with van der Waals surface area (Å²) in [6.45, 7) is 7.51. The molecule has 6 heteroatoms. The number of nitrogens with zero attached hydrogens (tertiary/aromatic N) is 1. The SMILES string of the molecule is CCC1COCCN1C(=O)NCC(CC)(CC)C(=O)O. The first-order valence-corrected chi connectivity index (χ1v) is 7.36. The van der Waals surface area contributed by atoms with Crippen molar-refractivity contribution in [1.29, 1.82) is 0 Å². The minimum absolute atomic E-state index is 0.0752. The van der Waals surface area contributed by atoms with Gasteiger partial charge < -0.3 is 20.1 Å². The van der Waals surface area contributed by atoms with Crippen molar-refractivity contribution in [3.05, 3.63) is 0 Å². The van der Waals surface area contributed by atoms with Crippen LogP contribution in [0.15, 0.2) is 0 Å². The molecule has 1 unspecified atom stereocenters. The Kier molecular flexibility index (Phi) is 6.26. The van der Waals surface area contributed by atoms with Crippen molar-refractivity contribution in [3.63, 3.8) is 0 Å². The van der Waals surface area contributed by atoms with Gasteiger partial charge in [0.05, 0.1) is 24.7 Å². The zero-order valence-corrected chi connectivity index (χ0v) is 12.6. The average molecular weight is 286 g/mol. The number of hydrogen-bond acceptors (Lipinski definition) is 3. The Bertz CT molecular complexity index is 342. The van der Waals surface area contributed by atoms with Crippen LogP contribution >= 0.6 is 0 Å². The predicted octanol–water partition coefficient (Wildman–Crippen LogP) is 1.70. The van der Waals surface area contributed by atoms with Crippen molar-refractivity contribution in [2.24, 2.45) is 5.41 Å². The standard InChI is InChI=1S/C14H26N2O4/c1-4-11-9-20-8-7-16(11)13(19)15-10-14(5-2,6-3)12(17)18/h11H,4-10H2,1-3H3,(H,15,19)(H,17,18). The van der Waals surface area contributed by atoms with Gasteiger partial charge >= 0.3 is 12.0 Å². The molecule has 116 valence electrons. The zero-order chi connectivity index (χ0) is 15.2. The molecule has 1 aliphatic rings. The smallest absolute Gasteiger partial charge is 0.317 e. The van der Waals surface area contributed by atoms with Gasteiger partial charge in [0, 0.05) is 13.1 Å². The third kappa shape index (κ3) is 3.62. The van der Waals surface area contributed by atoms with Gasteiger partial charge in [-0.2, -0.15) is 0 Å². The Morgan fingerprint density at radius 1 is 1.35 bits per heavy atom. The summed E-state index contributed by atoms with van der Waals surface area (Å²) in [5, 5.41) is 12.2. The van der Waals surface area contributed by atoms with E-state index in [0.717, 1.165) is 6.42 Å². The summed E-state index contributed by atoms with van der Waals surface area (Å²) in [6.07, 6.45) is 1.83. The van der Waals surface area contributed by atoms with Crippen molar-refractivity contribution in [2.75, 3.05) is 26.3 Å². The summed E-state index contributed by atoms with van der Waals surface area (Å²) >= 11 is 0. The van der Waals surface area contributed by atoms with Crippen LogP contribution in [-0.2, 0) is 9.53 Å². The zero-order valence-electron chi connectivity index (χ0n) is 12.6. The minimum Gasteiger partial charge on any atom is -0.481 e. The molecule has 1 rings (SSSR count). The quantitative estimate of drug-likeness (QED) is 0.779.